The number of rotatable bonds is 9. The van der Waals surface area contributed by atoms with Gasteiger partial charge in [-0.05, 0) is 22.3 Å². The second-order valence-corrected chi connectivity index (χ2v) is 9.45. The van der Waals surface area contributed by atoms with Crippen LogP contribution in [-0.4, -0.2) is 66.5 Å². The van der Waals surface area contributed by atoms with Gasteiger partial charge in [0, 0.05) is 44.3 Å². The summed E-state index contributed by atoms with van der Waals surface area (Å²) in [6, 6.07) is 16.2. The molecule has 0 aromatic heterocycles. The van der Waals surface area contributed by atoms with Gasteiger partial charge in [0.25, 0.3) is 0 Å². The Labute approximate surface area is 202 Å². The zero-order valence-corrected chi connectivity index (χ0v) is 19.6. The molecular weight excluding hydrogens is 456 g/mol. The SMILES string of the molecule is O=C(O)CSCCNC(=O)C1(NC(=O)OCC2c3ccccc3-c3ccccc32)CCOCC1. The largest absolute Gasteiger partial charge is 0.481 e. The van der Waals surface area contributed by atoms with Crippen LogP contribution in [0.15, 0.2) is 48.5 Å². The van der Waals surface area contributed by atoms with E-state index in [0.717, 1.165) is 22.3 Å². The van der Waals surface area contributed by atoms with Crippen LogP contribution in [0.5, 0.6) is 0 Å². The Balaban J connectivity index is 1.37. The van der Waals surface area contributed by atoms with Crippen molar-refractivity contribution in [1.82, 2.24) is 10.6 Å². The van der Waals surface area contributed by atoms with E-state index >= 15 is 0 Å². The molecule has 4 rings (SSSR count). The van der Waals surface area contributed by atoms with E-state index < -0.39 is 17.6 Å². The topological polar surface area (TPSA) is 114 Å². The maximum Gasteiger partial charge on any atom is 0.408 e. The van der Waals surface area contributed by atoms with E-state index in [-0.39, 0.29) is 24.2 Å². The predicted octanol–water partition coefficient (Wildman–Crippen LogP) is 3.01. The van der Waals surface area contributed by atoms with Gasteiger partial charge in [0.1, 0.15) is 12.1 Å². The minimum absolute atomic E-state index is 0.0210. The zero-order valence-electron chi connectivity index (χ0n) is 18.7. The molecule has 1 aliphatic carbocycles. The molecule has 1 aliphatic heterocycles. The van der Waals surface area contributed by atoms with E-state index in [1.165, 1.54) is 11.8 Å². The van der Waals surface area contributed by atoms with Gasteiger partial charge in [-0.2, -0.15) is 0 Å². The molecule has 0 atom stereocenters. The fourth-order valence-corrected chi connectivity index (χ4v) is 5.09. The normalized spacial score (nSPS) is 16.2. The summed E-state index contributed by atoms with van der Waals surface area (Å²) in [7, 11) is 0. The van der Waals surface area contributed by atoms with Gasteiger partial charge in [-0.3, -0.25) is 9.59 Å². The summed E-state index contributed by atoms with van der Waals surface area (Å²) in [4.78, 5) is 36.4. The first-order valence-electron chi connectivity index (χ1n) is 11.3. The van der Waals surface area contributed by atoms with Crippen molar-refractivity contribution in [3.63, 3.8) is 0 Å². The lowest BCUT2D eigenvalue weighted by molar-refractivity contribution is -0.134. The fraction of sp³-hybridized carbons (Fsp3) is 0.400. The molecule has 2 aromatic carbocycles. The Hall–Kier alpha value is -3.04. The van der Waals surface area contributed by atoms with Crippen molar-refractivity contribution in [3.05, 3.63) is 59.7 Å². The van der Waals surface area contributed by atoms with Gasteiger partial charge in [0.2, 0.25) is 5.91 Å². The third kappa shape index (κ3) is 5.37. The molecule has 2 aliphatic rings. The van der Waals surface area contributed by atoms with Crippen molar-refractivity contribution in [2.75, 3.05) is 37.9 Å². The highest BCUT2D eigenvalue weighted by atomic mass is 32.2. The summed E-state index contributed by atoms with van der Waals surface area (Å²) in [5.74, 6) is -0.819. The molecule has 8 nitrogen and oxygen atoms in total. The number of carboxylic acids is 1. The second-order valence-electron chi connectivity index (χ2n) is 8.35. The number of ether oxygens (including phenoxy) is 2. The van der Waals surface area contributed by atoms with E-state index in [2.05, 4.69) is 34.9 Å². The van der Waals surface area contributed by atoms with E-state index in [9.17, 15) is 14.4 Å². The molecule has 1 fully saturated rings. The molecule has 3 N–H and O–H groups in total. The predicted molar refractivity (Wildman–Crippen MR) is 129 cm³/mol. The number of hydrogen-bond acceptors (Lipinski definition) is 6. The minimum atomic E-state index is -1.11. The molecule has 0 spiro atoms. The Morgan fingerprint density at radius 2 is 1.65 bits per heavy atom. The summed E-state index contributed by atoms with van der Waals surface area (Å²) in [6.07, 6.45) is 0.0375. The van der Waals surface area contributed by atoms with Crippen molar-refractivity contribution in [2.45, 2.75) is 24.3 Å². The van der Waals surface area contributed by atoms with Crippen molar-refractivity contribution >= 4 is 29.7 Å². The third-order valence-corrected chi connectivity index (χ3v) is 7.17. The number of carbonyl (C=O) groups excluding carboxylic acids is 2. The number of thioether (sulfide) groups is 1. The van der Waals surface area contributed by atoms with Crippen molar-refractivity contribution in [1.29, 1.82) is 0 Å². The number of nitrogens with one attached hydrogen (secondary N) is 2. The summed E-state index contributed by atoms with van der Waals surface area (Å²) in [5, 5.41) is 14.3. The van der Waals surface area contributed by atoms with Crippen LogP contribution in [0.1, 0.15) is 29.9 Å². The number of fused-ring (bicyclic) bond motifs is 3. The Bertz CT molecular complexity index is 1010. The number of carboxylic acid groups (broad SMARTS) is 1. The third-order valence-electron chi connectivity index (χ3n) is 6.22. The molecular formula is C25H28N2O6S. The van der Waals surface area contributed by atoms with E-state index in [0.29, 0.717) is 38.4 Å². The summed E-state index contributed by atoms with van der Waals surface area (Å²) in [5.41, 5.74) is 3.42. The highest BCUT2D eigenvalue weighted by Gasteiger charge is 2.42. The first-order chi connectivity index (χ1) is 16.5. The number of hydrogen-bond donors (Lipinski definition) is 3. The molecule has 9 heteroatoms. The van der Waals surface area contributed by atoms with Gasteiger partial charge < -0.3 is 25.2 Å². The van der Waals surface area contributed by atoms with Crippen LogP contribution in [-0.2, 0) is 19.1 Å². The van der Waals surface area contributed by atoms with Gasteiger partial charge in [-0.15, -0.1) is 11.8 Å². The maximum absolute atomic E-state index is 13.0. The molecule has 2 aromatic rings. The molecule has 0 bridgehead atoms. The lowest BCUT2D eigenvalue weighted by atomic mass is 9.89. The molecule has 180 valence electrons. The van der Waals surface area contributed by atoms with E-state index in [4.69, 9.17) is 14.6 Å². The Morgan fingerprint density at radius 3 is 2.26 bits per heavy atom. The van der Waals surface area contributed by atoms with Crippen LogP contribution in [0.25, 0.3) is 11.1 Å². The molecule has 34 heavy (non-hydrogen) atoms. The van der Waals surface area contributed by atoms with Crippen molar-refractivity contribution in [3.8, 4) is 11.1 Å². The minimum Gasteiger partial charge on any atom is -0.481 e. The summed E-state index contributed by atoms with van der Waals surface area (Å²) in [6.45, 7) is 1.18. The van der Waals surface area contributed by atoms with Crippen LogP contribution < -0.4 is 10.6 Å². The molecule has 1 heterocycles. The van der Waals surface area contributed by atoms with E-state index in [1.807, 2.05) is 24.3 Å². The van der Waals surface area contributed by atoms with Gasteiger partial charge >= 0.3 is 12.1 Å². The summed E-state index contributed by atoms with van der Waals surface area (Å²) < 4.78 is 11.1. The first kappa shape index (κ1) is 24.1. The smallest absolute Gasteiger partial charge is 0.408 e. The molecule has 2 amide bonds. The van der Waals surface area contributed by atoms with Gasteiger partial charge in [-0.1, -0.05) is 48.5 Å². The zero-order chi connectivity index (χ0) is 24.0. The first-order valence-corrected chi connectivity index (χ1v) is 12.4. The van der Waals surface area contributed by atoms with Gasteiger partial charge in [-0.25, -0.2) is 4.79 Å². The lowest BCUT2D eigenvalue weighted by Crippen LogP contribution is -2.61. The molecule has 0 saturated carbocycles. The Kier molecular flexibility index (Phi) is 7.74. The monoisotopic (exact) mass is 484 g/mol. The van der Waals surface area contributed by atoms with Crippen molar-refractivity contribution in [2.24, 2.45) is 0 Å². The average molecular weight is 485 g/mol. The highest BCUT2D eigenvalue weighted by Crippen LogP contribution is 2.44. The van der Waals surface area contributed by atoms with Gasteiger partial charge in [0.15, 0.2) is 0 Å². The molecule has 0 radical (unpaired) electrons. The standard InChI is InChI=1S/C25H28N2O6S/c28-22(29)16-34-14-11-26-23(30)25(9-12-32-13-10-25)27-24(31)33-15-21-19-7-3-1-5-17(19)18-6-2-4-8-20(18)21/h1-8,21H,9-16H2,(H,26,30)(H,27,31)(H,28,29). The van der Waals surface area contributed by atoms with E-state index in [1.54, 1.807) is 0 Å². The lowest BCUT2D eigenvalue weighted by Gasteiger charge is -2.36. The average Bonchev–Trinajstić information content (AvgIpc) is 3.16. The van der Waals surface area contributed by atoms with Crippen LogP contribution >= 0.6 is 11.8 Å². The van der Waals surface area contributed by atoms with Gasteiger partial charge in [0.05, 0.1) is 5.75 Å². The van der Waals surface area contributed by atoms with Crippen LogP contribution in [0.4, 0.5) is 4.79 Å². The summed E-state index contributed by atoms with van der Waals surface area (Å²) >= 11 is 1.22. The van der Waals surface area contributed by atoms with Crippen LogP contribution in [0.3, 0.4) is 0 Å². The number of carbonyl (C=O) groups is 3. The Morgan fingerprint density at radius 1 is 1.03 bits per heavy atom. The number of amides is 2. The quantitative estimate of drug-likeness (QED) is 0.469. The number of benzene rings is 2. The van der Waals surface area contributed by atoms with Crippen LogP contribution in [0, 0.1) is 0 Å². The molecule has 1 saturated heterocycles. The molecule has 0 unspecified atom stereocenters. The highest BCUT2D eigenvalue weighted by molar-refractivity contribution is 7.99. The fourth-order valence-electron chi connectivity index (χ4n) is 4.52. The van der Waals surface area contributed by atoms with Crippen LogP contribution in [0.2, 0.25) is 0 Å². The maximum atomic E-state index is 13.0. The second kappa shape index (κ2) is 10.9. The number of aliphatic carboxylic acids is 1. The number of alkyl carbamates (subject to hydrolysis) is 1. The van der Waals surface area contributed by atoms with Crippen molar-refractivity contribution < 1.29 is 29.0 Å².